The van der Waals surface area contributed by atoms with Crippen molar-refractivity contribution in [1.29, 1.82) is 0 Å². The maximum Gasteiger partial charge on any atom is 0.0669 e. The number of halogens is 3. The number of hydrogen-bond donors (Lipinski definition) is 0. The van der Waals surface area contributed by atoms with E-state index in [0.29, 0.717) is 0 Å². The molecule has 0 amide bonds. The molecule has 0 fully saturated rings. The van der Waals surface area contributed by atoms with Crippen molar-refractivity contribution in [3.8, 4) is 0 Å². The zero-order chi connectivity index (χ0) is 13.4. The maximum atomic E-state index is 6.00. The zero-order valence-electron chi connectivity index (χ0n) is 9.74. The number of alkyl halides is 1. The van der Waals surface area contributed by atoms with Gasteiger partial charge in [-0.3, -0.25) is 0 Å². The van der Waals surface area contributed by atoms with Crippen molar-refractivity contribution in [3.63, 3.8) is 0 Å². The van der Waals surface area contributed by atoms with Gasteiger partial charge >= 0.3 is 0 Å². The molecule has 0 aliphatic rings. The molecule has 3 rings (SSSR count). The summed E-state index contributed by atoms with van der Waals surface area (Å²) in [5.41, 5.74) is 2.48. The standard InChI is InChI=1S/C15H9Br2ClS/c16-13-7-9(18)5-6-11(13)15(17)12-8-19-14-4-2-1-3-10(12)14/h1-8,15H. The Hall–Kier alpha value is -0.350. The van der Waals surface area contributed by atoms with Gasteiger partial charge < -0.3 is 0 Å². The van der Waals surface area contributed by atoms with Gasteiger partial charge in [0.25, 0.3) is 0 Å². The smallest absolute Gasteiger partial charge is 0.0669 e. The van der Waals surface area contributed by atoms with Crippen molar-refractivity contribution < 1.29 is 0 Å². The summed E-state index contributed by atoms with van der Waals surface area (Å²) in [7, 11) is 0. The first-order chi connectivity index (χ1) is 9.16. The van der Waals surface area contributed by atoms with E-state index in [9.17, 15) is 0 Å². The lowest BCUT2D eigenvalue weighted by Crippen LogP contribution is -1.92. The van der Waals surface area contributed by atoms with E-state index >= 15 is 0 Å². The van der Waals surface area contributed by atoms with E-state index in [2.05, 4.69) is 67.6 Å². The predicted octanol–water partition coefficient (Wildman–Crippen LogP) is 6.80. The summed E-state index contributed by atoms with van der Waals surface area (Å²) in [5.74, 6) is 0. The Morgan fingerprint density at radius 3 is 2.63 bits per heavy atom. The van der Waals surface area contributed by atoms with Crippen LogP contribution in [0.5, 0.6) is 0 Å². The summed E-state index contributed by atoms with van der Waals surface area (Å²) in [6.07, 6.45) is 0. The van der Waals surface area contributed by atoms with Crippen LogP contribution in [0.1, 0.15) is 16.0 Å². The zero-order valence-corrected chi connectivity index (χ0v) is 14.5. The monoisotopic (exact) mass is 414 g/mol. The van der Waals surface area contributed by atoms with E-state index in [-0.39, 0.29) is 4.83 Å². The first-order valence-electron chi connectivity index (χ1n) is 5.72. The van der Waals surface area contributed by atoms with Gasteiger partial charge in [0.05, 0.1) is 4.83 Å². The fourth-order valence-electron chi connectivity index (χ4n) is 2.07. The molecule has 0 radical (unpaired) electrons. The fourth-order valence-corrected chi connectivity index (χ4v) is 5.23. The molecule has 3 aromatic rings. The number of hydrogen-bond acceptors (Lipinski definition) is 1. The Labute approximate surface area is 137 Å². The normalized spacial score (nSPS) is 12.8. The van der Waals surface area contributed by atoms with Crippen LogP contribution in [-0.2, 0) is 0 Å². The van der Waals surface area contributed by atoms with Crippen LogP contribution in [0.15, 0.2) is 52.3 Å². The molecule has 2 aromatic carbocycles. The third-order valence-corrected chi connectivity index (χ3v) is 5.91. The van der Waals surface area contributed by atoms with Crippen LogP contribution < -0.4 is 0 Å². The highest BCUT2D eigenvalue weighted by Crippen LogP contribution is 2.41. The van der Waals surface area contributed by atoms with Crippen molar-refractivity contribution in [3.05, 3.63) is 68.5 Å². The lowest BCUT2D eigenvalue weighted by molar-refractivity contribution is 1.19. The second kappa shape index (κ2) is 5.57. The number of benzene rings is 2. The molecule has 0 saturated heterocycles. The fraction of sp³-hybridized carbons (Fsp3) is 0.0667. The lowest BCUT2D eigenvalue weighted by atomic mass is 10.0. The molecule has 0 bridgehead atoms. The van der Waals surface area contributed by atoms with Gasteiger partial charge in [0.1, 0.15) is 0 Å². The molecule has 0 nitrogen and oxygen atoms in total. The van der Waals surface area contributed by atoms with E-state index in [1.165, 1.54) is 21.2 Å². The summed E-state index contributed by atoms with van der Waals surface area (Å²) in [6.45, 7) is 0. The van der Waals surface area contributed by atoms with E-state index in [1.54, 1.807) is 11.3 Å². The molecule has 0 N–H and O–H groups in total. The molecule has 0 aliphatic carbocycles. The van der Waals surface area contributed by atoms with Gasteiger partial charge in [-0.2, -0.15) is 0 Å². The number of fused-ring (bicyclic) bond motifs is 1. The second-order valence-corrected chi connectivity index (χ2v) is 7.33. The molecule has 1 heterocycles. The van der Waals surface area contributed by atoms with Crippen molar-refractivity contribution >= 4 is 64.9 Å². The summed E-state index contributed by atoms with van der Waals surface area (Å²) in [5, 5.41) is 4.26. The lowest BCUT2D eigenvalue weighted by Gasteiger charge is -2.12. The average Bonchev–Trinajstić information content (AvgIpc) is 2.82. The minimum Gasteiger partial charge on any atom is -0.143 e. The minimum atomic E-state index is 0.162. The molecule has 0 saturated carbocycles. The first kappa shape index (κ1) is 13.6. The Bertz CT molecular complexity index is 736. The van der Waals surface area contributed by atoms with E-state index in [1.807, 2.05) is 12.1 Å². The third-order valence-electron chi connectivity index (χ3n) is 3.02. The van der Waals surface area contributed by atoms with E-state index in [4.69, 9.17) is 11.6 Å². The molecule has 19 heavy (non-hydrogen) atoms. The minimum absolute atomic E-state index is 0.162. The topological polar surface area (TPSA) is 0 Å². The Kier molecular flexibility index (Phi) is 3.99. The highest BCUT2D eigenvalue weighted by molar-refractivity contribution is 9.11. The van der Waals surface area contributed by atoms with Gasteiger partial charge in [-0.1, -0.05) is 67.7 Å². The molecule has 1 atom stereocenters. The van der Waals surface area contributed by atoms with Crippen LogP contribution in [0, 0.1) is 0 Å². The molecule has 1 aromatic heterocycles. The largest absolute Gasteiger partial charge is 0.143 e. The summed E-state index contributed by atoms with van der Waals surface area (Å²) in [6, 6.07) is 14.4. The van der Waals surface area contributed by atoms with Crippen LogP contribution in [0.3, 0.4) is 0 Å². The van der Waals surface area contributed by atoms with Crippen molar-refractivity contribution in [2.24, 2.45) is 0 Å². The summed E-state index contributed by atoms with van der Waals surface area (Å²) < 4.78 is 2.34. The predicted molar refractivity (Wildman–Crippen MR) is 91.7 cm³/mol. The SMILES string of the molecule is Clc1ccc(C(Br)c2csc3ccccc23)c(Br)c1. The van der Waals surface area contributed by atoms with E-state index < -0.39 is 0 Å². The molecule has 0 spiro atoms. The van der Waals surface area contributed by atoms with E-state index in [0.717, 1.165) is 9.50 Å². The molecular formula is C15H9Br2ClS. The van der Waals surface area contributed by atoms with Gasteiger partial charge in [0.2, 0.25) is 0 Å². The van der Waals surface area contributed by atoms with Gasteiger partial charge in [-0.15, -0.1) is 11.3 Å². The number of thiophene rings is 1. The molecule has 96 valence electrons. The highest BCUT2D eigenvalue weighted by atomic mass is 79.9. The first-order valence-corrected chi connectivity index (χ1v) is 8.68. The van der Waals surface area contributed by atoms with Crippen LogP contribution in [0.2, 0.25) is 5.02 Å². The van der Waals surface area contributed by atoms with Crippen LogP contribution in [-0.4, -0.2) is 0 Å². The maximum absolute atomic E-state index is 6.00. The van der Waals surface area contributed by atoms with Gasteiger partial charge in [-0.05, 0) is 40.1 Å². The van der Waals surface area contributed by atoms with Crippen molar-refractivity contribution in [1.82, 2.24) is 0 Å². The Balaban J connectivity index is 2.10. The van der Waals surface area contributed by atoms with Crippen LogP contribution in [0.4, 0.5) is 0 Å². The Morgan fingerprint density at radius 1 is 1.05 bits per heavy atom. The van der Waals surface area contributed by atoms with Crippen molar-refractivity contribution in [2.45, 2.75) is 4.83 Å². The second-order valence-electron chi connectivity index (χ2n) is 4.22. The Morgan fingerprint density at radius 2 is 1.84 bits per heavy atom. The quantitative estimate of drug-likeness (QED) is 0.403. The highest BCUT2D eigenvalue weighted by Gasteiger charge is 2.17. The molecule has 0 aliphatic heterocycles. The van der Waals surface area contributed by atoms with Gasteiger partial charge in [0, 0.05) is 14.2 Å². The molecule has 4 heteroatoms. The summed E-state index contributed by atoms with van der Waals surface area (Å²) >= 11 is 15.2. The van der Waals surface area contributed by atoms with Gasteiger partial charge in [-0.25, -0.2) is 0 Å². The van der Waals surface area contributed by atoms with Crippen molar-refractivity contribution in [2.75, 3.05) is 0 Å². The number of rotatable bonds is 2. The molecular weight excluding hydrogens is 407 g/mol. The van der Waals surface area contributed by atoms with Gasteiger partial charge in [0.15, 0.2) is 0 Å². The summed E-state index contributed by atoms with van der Waals surface area (Å²) in [4.78, 5) is 0.162. The molecule has 1 unspecified atom stereocenters. The third kappa shape index (κ3) is 2.62. The van der Waals surface area contributed by atoms with Crippen LogP contribution >= 0.6 is 54.8 Å². The average molecular weight is 417 g/mol. The van der Waals surface area contributed by atoms with Crippen LogP contribution in [0.25, 0.3) is 10.1 Å².